The third-order valence-electron chi connectivity index (χ3n) is 4.90. The van der Waals surface area contributed by atoms with Crippen molar-refractivity contribution in [3.8, 4) is 22.6 Å². The predicted octanol–water partition coefficient (Wildman–Crippen LogP) is 5.39. The Labute approximate surface area is 172 Å². The van der Waals surface area contributed by atoms with Crippen molar-refractivity contribution in [2.75, 3.05) is 20.3 Å². The van der Waals surface area contributed by atoms with Crippen LogP contribution in [0.15, 0.2) is 60.7 Å². The van der Waals surface area contributed by atoms with Gasteiger partial charge >= 0.3 is 0 Å². The molecule has 4 heteroatoms. The zero-order valence-corrected chi connectivity index (χ0v) is 17.1. The number of aryl methyl sites for hydroxylation is 1. The first-order valence-corrected chi connectivity index (χ1v) is 9.61. The van der Waals surface area contributed by atoms with Crippen LogP contribution in [0.3, 0.4) is 0 Å². The second-order valence-corrected chi connectivity index (χ2v) is 6.88. The summed E-state index contributed by atoms with van der Waals surface area (Å²) < 4.78 is 16.7. The van der Waals surface area contributed by atoms with E-state index in [4.69, 9.17) is 14.2 Å². The molecule has 0 aliphatic heterocycles. The first-order chi connectivity index (χ1) is 14.1. The Balaban J connectivity index is 1.76. The third kappa shape index (κ3) is 5.24. The van der Waals surface area contributed by atoms with Gasteiger partial charge in [-0.25, -0.2) is 0 Å². The first-order valence-electron chi connectivity index (χ1n) is 9.61. The number of ether oxygens (including phenoxy) is 3. The summed E-state index contributed by atoms with van der Waals surface area (Å²) in [6.07, 6.45) is 0.827. The summed E-state index contributed by atoms with van der Waals surface area (Å²) in [5.74, 6) is 1.59. The molecule has 0 atom stereocenters. The molecule has 0 unspecified atom stereocenters. The molecule has 0 N–H and O–H groups in total. The van der Waals surface area contributed by atoms with E-state index in [0.29, 0.717) is 25.4 Å². The summed E-state index contributed by atoms with van der Waals surface area (Å²) in [7, 11) is 1.66. The van der Waals surface area contributed by atoms with Crippen molar-refractivity contribution in [1.29, 1.82) is 0 Å². The highest BCUT2D eigenvalue weighted by atomic mass is 16.5. The van der Waals surface area contributed by atoms with E-state index in [1.807, 2.05) is 18.2 Å². The smallest absolute Gasteiger partial charge is 0.150 e. The normalized spacial score (nSPS) is 10.6. The number of hydrogen-bond donors (Lipinski definition) is 0. The quantitative estimate of drug-likeness (QED) is 0.363. The van der Waals surface area contributed by atoms with Gasteiger partial charge in [0.1, 0.15) is 31.0 Å². The largest absolute Gasteiger partial charge is 0.491 e. The van der Waals surface area contributed by atoms with E-state index >= 15 is 0 Å². The average molecular weight is 390 g/mol. The van der Waals surface area contributed by atoms with E-state index in [2.05, 4.69) is 44.2 Å². The fourth-order valence-corrected chi connectivity index (χ4v) is 3.21. The Bertz CT molecular complexity index is 961. The summed E-state index contributed by atoms with van der Waals surface area (Å²) in [4.78, 5) is 10.8. The van der Waals surface area contributed by atoms with Crippen LogP contribution < -0.4 is 9.47 Å². The molecule has 0 aromatic heterocycles. The van der Waals surface area contributed by atoms with Gasteiger partial charge < -0.3 is 14.2 Å². The standard InChI is InChI=1S/C25H26O4/c1-18-15-23(28-14-13-27-3)11-12-24(18)25-6-4-5-21(19(25)2)17-29-22-9-7-20(16-26)8-10-22/h4-12,15-16H,13-14,17H2,1-3H3. The van der Waals surface area contributed by atoms with Gasteiger partial charge in [-0.15, -0.1) is 0 Å². The zero-order chi connectivity index (χ0) is 20.6. The molecule has 3 aromatic rings. The molecule has 0 fully saturated rings. The van der Waals surface area contributed by atoms with Gasteiger partial charge in [0.25, 0.3) is 0 Å². The summed E-state index contributed by atoms with van der Waals surface area (Å²) in [6, 6.07) is 19.6. The lowest BCUT2D eigenvalue weighted by atomic mass is 9.94. The van der Waals surface area contributed by atoms with Crippen LogP contribution in [-0.4, -0.2) is 26.6 Å². The van der Waals surface area contributed by atoms with Gasteiger partial charge in [-0.2, -0.15) is 0 Å². The van der Waals surface area contributed by atoms with E-state index < -0.39 is 0 Å². The summed E-state index contributed by atoms with van der Waals surface area (Å²) in [5, 5.41) is 0. The highest BCUT2D eigenvalue weighted by molar-refractivity contribution is 5.75. The van der Waals surface area contributed by atoms with Crippen LogP contribution in [0.25, 0.3) is 11.1 Å². The van der Waals surface area contributed by atoms with Crippen molar-refractivity contribution in [1.82, 2.24) is 0 Å². The van der Waals surface area contributed by atoms with Gasteiger partial charge in [-0.1, -0.05) is 24.3 Å². The van der Waals surface area contributed by atoms with Crippen LogP contribution in [0.4, 0.5) is 0 Å². The SMILES string of the molecule is COCCOc1ccc(-c2cccc(COc3ccc(C=O)cc3)c2C)c(C)c1. The number of rotatable bonds is 9. The molecule has 0 amide bonds. The number of methoxy groups -OCH3 is 1. The van der Waals surface area contributed by atoms with Crippen LogP contribution in [-0.2, 0) is 11.3 Å². The number of aldehydes is 1. The van der Waals surface area contributed by atoms with Crippen LogP contribution in [0.5, 0.6) is 11.5 Å². The van der Waals surface area contributed by atoms with E-state index in [1.165, 1.54) is 16.7 Å². The number of hydrogen-bond acceptors (Lipinski definition) is 4. The lowest BCUT2D eigenvalue weighted by Crippen LogP contribution is -2.04. The van der Waals surface area contributed by atoms with Crippen molar-refractivity contribution < 1.29 is 19.0 Å². The monoisotopic (exact) mass is 390 g/mol. The lowest BCUT2D eigenvalue weighted by molar-refractivity contribution is 0.112. The Hall–Kier alpha value is -3.11. The lowest BCUT2D eigenvalue weighted by Gasteiger charge is -2.15. The fourth-order valence-electron chi connectivity index (χ4n) is 3.21. The summed E-state index contributed by atoms with van der Waals surface area (Å²) in [6.45, 7) is 5.79. The van der Waals surface area contributed by atoms with Crippen molar-refractivity contribution in [3.63, 3.8) is 0 Å². The van der Waals surface area contributed by atoms with Crippen LogP contribution >= 0.6 is 0 Å². The molecular formula is C25H26O4. The molecule has 150 valence electrons. The minimum atomic E-state index is 0.470. The van der Waals surface area contributed by atoms with E-state index in [-0.39, 0.29) is 0 Å². The van der Waals surface area contributed by atoms with Crippen molar-refractivity contribution in [3.05, 3.63) is 82.9 Å². The van der Waals surface area contributed by atoms with Crippen LogP contribution in [0.2, 0.25) is 0 Å². The molecule has 3 aromatic carbocycles. The molecule has 29 heavy (non-hydrogen) atoms. The molecule has 0 heterocycles. The van der Waals surface area contributed by atoms with E-state index in [0.717, 1.165) is 28.9 Å². The van der Waals surface area contributed by atoms with Crippen molar-refractivity contribution in [2.24, 2.45) is 0 Å². The molecule has 0 saturated carbocycles. The van der Waals surface area contributed by atoms with E-state index in [9.17, 15) is 4.79 Å². The molecule has 0 bridgehead atoms. The van der Waals surface area contributed by atoms with Gasteiger partial charge in [0, 0.05) is 12.7 Å². The predicted molar refractivity (Wildman–Crippen MR) is 115 cm³/mol. The van der Waals surface area contributed by atoms with Gasteiger partial charge in [0.15, 0.2) is 0 Å². The fraction of sp³-hybridized carbons (Fsp3) is 0.240. The Kier molecular flexibility index (Phi) is 7.04. The molecular weight excluding hydrogens is 364 g/mol. The van der Waals surface area contributed by atoms with Gasteiger partial charge in [0.05, 0.1) is 6.61 Å². The third-order valence-corrected chi connectivity index (χ3v) is 4.90. The summed E-state index contributed by atoms with van der Waals surface area (Å²) >= 11 is 0. The average Bonchev–Trinajstić information content (AvgIpc) is 2.74. The maximum Gasteiger partial charge on any atom is 0.150 e. The first kappa shape index (κ1) is 20.6. The van der Waals surface area contributed by atoms with Gasteiger partial charge in [0.2, 0.25) is 0 Å². The van der Waals surface area contributed by atoms with Crippen molar-refractivity contribution in [2.45, 2.75) is 20.5 Å². The van der Waals surface area contributed by atoms with Crippen molar-refractivity contribution >= 4 is 6.29 Å². The topological polar surface area (TPSA) is 44.8 Å². The Morgan fingerprint density at radius 1 is 0.828 bits per heavy atom. The minimum Gasteiger partial charge on any atom is -0.491 e. The highest BCUT2D eigenvalue weighted by Gasteiger charge is 2.10. The number of benzene rings is 3. The minimum absolute atomic E-state index is 0.470. The Morgan fingerprint density at radius 2 is 1.59 bits per heavy atom. The second-order valence-electron chi connectivity index (χ2n) is 6.88. The number of carbonyl (C=O) groups is 1. The molecule has 4 nitrogen and oxygen atoms in total. The maximum absolute atomic E-state index is 10.8. The van der Waals surface area contributed by atoms with Gasteiger partial charge in [-0.05, 0) is 78.1 Å². The highest BCUT2D eigenvalue weighted by Crippen LogP contribution is 2.31. The Morgan fingerprint density at radius 3 is 2.28 bits per heavy atom. The second kappa shape index (κ2) is 9.89. The van der Waals surface area contributed by atoms with E-state index in [1.54, 1.807) is 19.2 Å². The number of carbonyl (C=O) groups excluding carboxylic acids is 1. The molecule has 0 radical (unpaired) electrons. The van der Waals surface area contributed by atoms with Crippen LogP contribution in [0, 0.1) is 13.8 Å². The molecule has 0 aliphatic carbocycles. The molecule has 0 spiro atoms. The maximum atomic E-state index is 10.8. The molecule has 3 rings (SSSR count). The van der Waals surface area contributed by atoms with Gasteiger partial charge in [-0.3, -0.25) is 4.79 Å². The zero-order valence-electron chi connectivity index (χ0n) is 17.1. The molecule has 0 aliphatic rings. The van der Waals surface area contributed by atoms with Crippen LogP contribution in [0.1, 0.15) is 27.0 Å². The molecule has 0 saturated heterocycles. The summed E-state index contributed by atoms with van der Waals surface area (Å²) in [5.41, 5.74) is 6.48.